The van der Waals surface area contributed by atoms with Crippen molar-refractivity contribution in [1.82, 2.24) is 9.88 Å². The van der Waals surface area contributed by atoms with Crippen molar-refractivity contribution in [3.05, 3.63) is 36.0 Å². The number of nitrogens with one attached hydrogen (secondary N) is 1. The van der Waals surface area contributed by atoms with Crippen LogP contribution in [0.5, 0.6) is 0 Å². The van der Waals surface area contributed by atoms with Crippen LogP contribution in [0.1, 0.15) is 17.9 Å². The van der Waals surface area contributed by atoms with E-state index in [1.165, 1.54) is 29.4 Å². The summed E-state index contributed by atoms with van der Waals surface area (Å²) in [5, 5.41) is 1.41. The minimum atomic E-state index is 0.776. The molecule has 16 heavy (non-hydrogen) atoms. The number of nitrogens with zero attached hydrogens (tertiary/aromatic N) is 1. The second-order valence-electron chi connectivity index (χ2n) is 5.15. The fourth-order valence-electron chi connectivity index (χ4n) is 2.70. The summed E-state index contributed by atoms with van der Waals surface area (Å²) in [6.07, 6.45) is 3.55. The summed E-state index contributed by atoms with van der Waals surface area (Å²) < 4.78 is 0. The quantitative estimate of drug-likeness (QED) is 0.832. The smallest absolute Gasteiger partial charge is 0.0456 e. The topological polar surface area (TPSA) is 19.0 Å². The first-order valence-electron chi connectivity index (χ1n) is 5.96. The highest BCUT2D eigenvalue weighted by atomic mass is 15.1. The lowest BCUT2D eigenvalue weighted by atomic mass is 10.1. The van der Waals surface area contributed by atoms with E-state index >= 15 is 0 Å². The first kappa shape index (κ1) is 9.91. The Kier molecular flexibility index (Phi) is 2.25. The number of benzene rings is 1. The molecule has 2 nitrogen and oxygen atoms in total. The van der Waals surface area contributed by atoms with Gasteiger partial charge in [0.25, 0.3) is 0 Å². The number of aromatic amines is 1. The monoisotopic (exact) mass is 214 g/mol. The molecule has 1 aromatic carbocycles. The summed E-state index contributed by atoms with van der Waals surface area (Å²) in [5.41, 5.74) is 2.79. The number of fused-ring (bicyclic) bond motifs is 1. The van der Waals surface area contributed by atoms with Gasteiger partial charge in [0.15, 0.2) is 0 Å². The minimum Gasteiger partial charge on any atom is -0.361 e. The molecule has 3 rings (SSSR count). The molecule has 1 fully saturated rings. The second-order valence-corrected chi connectivity index (χ2v) is 5.15. The van der Waals surface area contributed by atoms with Gasteiger partial charge in [0.05, 0.1) is 0 Å². The van der Waals surface area contributed by atoms with Gasteiger partial charge < -0.3 is 9.88 Å². The van der Waals surface area contributed by atoms with Gasteiger partial charge >= 0.3 is 0 Å². The summed E-state index contributed by atoms with van der Waals surface area (Å²) in [6, 6.07) is 8.60. The number of hydrogen-bond acceptors (Lipinski definition) is 1. The summed E-state index contributed by atoms with van der Waals surface area (Å²) in [4.78, 5) is 5.66. The van der Waals surface area contributed by atoms with Gasteiger partial charge in [-0.1, -0.05) is 18.2 Å². The van der Waals surface area contributed by atoms with Crippen molar-refractivity contribution < 1.29 is 0 Å². The van der Waals surface area contributed by atoms with Crippen LogP contribution >= 0.6 is 0 Å². The lowest BCUT2D eigenvalue weighted by molar-refractivity contribution is 0.385. The highest BCUT2D eigenvalue weighted by molar-refractivity contribution is 5.84. The molecule has 0 bridgehead atoms. The molecule has 0 saturated heterocycles. The molecule has 0 radical (unpaired) electrons. The Labute approximate surface area is 96.3 Å². The summed E-state index contributed by atoms with van der Waals surface area (Å²) in [7, 11) is 4.31. The average molecular weight is 214 g/mol. The molecule has 0 spiro atoms. The van der Waals surface area contributed by atoms with Gasteiger partial charge in [-0.25, -0.2) is 0 Å². The SMILES string of the molecule is CN(C)C[C@H]1C[C@@H]1c1c[nH]c2ccccc12. The molecule has 1 saturated carbocycles. The number of hydrogen-bond donors (Lipinski definition) is 1. The maximum absolute atomic E-state index is 3.37. The van der Waals surface area contributed by atoms with E-state index in [4.69, 9.17) is 0 Å². The van der Waals surface area contributed by atoms with E-state index in [9.17, 15) is 0 Å². The van der Waals surface area contributed by atoms with Crippen molar-refractivity contribution in [3.63, 3.8) is 0 Å². The molecular formula is C14H18N2. The van der Waals surface area contributed by atoms with E-state index < -0.39 is 0 Å². The van der Waals surface area contributed by atoms with E-state index in [0.717, 1.165) is 11.8 Å². The van der Waals surface area contributed by atoms with Gasteiger partial charge in [-0.05, 0) is 44.0 Å². The van der Waals surface area contributed by atoms with Crippen molar-refractivity contribution >= 4 is 10.9 Å². The summed E-state index contributed by atoms with van der Waals surface area (Å²) >= 11 is 0. The lowest BCUT2D eigenvalue weighted by Crippen LogP contribution is -2.15. The van der Waals surface area contributed by atoms with Crippen molar-refractivity contribution in [2.45, 2.75) is 12.3 Å². The molecule has 2 atom stereocenters. The van der Waals surface area contributed by atoms with Crippen molar-refractivity contribution in [2.75, 3.05) is 20.6 Å². The Balaban J connectivity index is 1.86. The fourth-order valence-corrected chi connectivity index (χ4v) is 2.70. The van der Waals surface area contributed by atoms with Crippen molar-refractivity contribution in [3.8, 4) is 0 Å². The Hall–Kier alpha value is -1.28. The summed E-state index contributed by atoms with van der Waals surface area (Å²) in [6.45, 7) is 1.21. The van der Waals surface area contributed by atoms with Gasteiger partial charge in [-0.3, -0.25) is 0 Å². The number of H-pyrrole nitrogens is 1. The molecule has 1 aromatic heterocycles. The highest BCUT2D eigenvalue weighted by Gasteiger charge is 2.39. The number of para-hydroxylation sites is 1. The van der Waals surface area contributed by atoms with Crippen LogP contribution in [0.2, 0.25) is 0 Å². The van der Waals surface area contributed by atoms with Crippen LogP contribution in [0.25, 0.3) is 10.9 Å². The van der Waals surface area contributed by atoms with Crippen LogP contribution in [0.15, 0.2) is 30.5 Å². The predicted octanol–water partition coefficient (Wildman–Crippen LogP) is 2.83. The number of rotatable bonds is 3. The van der Waals surface area contributed by atoms with Crippen LogP contribution in [0, 0.1) is 5.92 Å². The van der Waals surface area contributed by atoms with Crippen LogP contribution < -0.4 is 0 Å². The predicted molar refractivity (Wildman–Crippen MR) is 67.7 cm³/mol. The highest BCUT2D eigenvalue weighted by Crippen LogP contribution is 2.49. The largest absolute Gasteiger partial charge is 0.361 e. The lowest BCUT2D eigenvalue weighted by Gasteiger charge is -2.08. The molecule has 1 aliphatic carbocycles. The zero-order valence-electron chi connectivity index (χ0n) is 9.90. The molecule has 2 heteroatoms. The van der Waals surface area contributed by atoms with E-state index in [1.807, 2.05) is 0 Å². The third kappa shape index (κ3) is 1.63. The third-order valence-electron chi connectivity index (χ3n) is 3.54. The molecule has 0 aliphatic heterocycles. The molecule has 2 aromatic rings. The van der Waals surface area contributed by atoms with Gasteiger partial charge in [0, 0.05) is 23.6 Å². The molecule has 1 heterocycles. The van der Waals surface area contributed by atoms with Crippen molar-refractivity contribution in [1.29, 1.82) is 0 Å². The molecule has 1 N–H and O–H groups in total. The number of aromatic nitrogens is 1. The maximum atomic E-state index is 3.37. The van der Waals surface area contributed by atoms with Gasteiger partial charge in [-0.2, -0.15) is 0 Å². The Morgan fingerprint density at radius 3 is 2.94 bits per heavy atom. The van der Waals surface area contributed by atoms with E-state index in [2.05, 4.69) is 54.4 Å². The summed E-state index contributed by atoms with van der Waals surface area (Å²) in [5.74, 6) is 1.63. The molecule has 0 unspecified atom stereocenters. The zero-order valence-corrected chi connectivity index (χ0v) is 9.90. The zero-order chi connectivity index (χ0) is 11.1. The second kappa shape index (κ2) is 3.63. The van der Waals surface area contributed by atoms with Gasteiger partial charge in [0.1, 0.15) is 0 Å². The van der Waals surface area contributed by atoms with Gasteiger partial charge in [-0.15, -0.1) is 0 Å². The molecule has 0 amide bonds. The normalized spacial score (nSPS) is 24.2. The molecule has 1 aliphatic rings. The van der Waals surface area contributed by atoms with Crippen LogP contribution in [-0.2, 0) is 0 Å². The Morgan fingerprint density at radius 2 is 2.12 bits per heavy atom. The average Bonchev–Trinajstić information content (AvgIpc) is 2.88. The first-order valence-corrected chi connectivity index (χ1v) is 5.96. The molecule has 84 valence electrons. The van der Waals surface area contributed by atoms with E-state index in [0.29, 0.717) is 0 Å². The van der Waals surface area contributed by atoms with E-state index in [1.54, 1.807) is 0 Å². The van der Waals surface area contributed by atoms with E-state index in [-0.39, 0.29) is 0 Å². The Bertz CT molecular complexity index is 498. The first-order chi connectivity index (χ1) is 7.75. The maximum Gasteiger partial charge on any atom is 0.0456 e. The standard InChI is InChI=1S/C14H18N2/c1-16(2)9-10-7-12(10)13-8-15-14-6-4-3-5-11(13)14/h3-6,8,10,12,15H,7,9H2,1-2H3/t10-,12+/m1/s1. The third-order valence-corrected chi connectivity index (χ3v) is 3.54. The minimum absolute atomic E-state index is 0.776. The van der Waals surface area contributed by atoms with Crippen LogP contribution in [-0.4, -0.2) is 30.5 Å². The van der Waals surface area contributed by atoms with Crippen molar-refractivity contribution in [2.24, 2.45) is 5.92 Å². The molecular weight excluding hydrogens is 196 g/mol. The Morgan fingerprint density at radius 1 is 1.31 bits per heavy atom. The van der Waals surface area contributed by atoms with Crippen LogP contribution in [0.4, 0.5) is 0 Å². The van der Waals surface area contributed by atoms with Crippen LogP contribution in [0.3, 0.4) is 0 Å². The van der Waals surface area contributed by atoms with Gasteiger partial charge in [0.2, 0.25) is 0 Å². The fraction of sp³-hybridized carbons (Fsp3) is 0.429.